The van der Waals surface area contributed by atoms with Crippen LogP contribution in [0.4, 0.5) is 13.2 Å². The van der Waals surface area contributed by atoms with Gasteiger partial charge in [-0.25, -0.2) is 26.6 Å². The maximum atomic E-state index is 13.2. The maximum Gasteiger partial charge on any atom is 3.00 e. The largest absolute Gasteiger partial charge is 3.00 e. The van der Waals surface area contributed by atoms with E-state index in [0.29, 0.717) is 38.1 Å². The van der Waals surface area contributed by atoms with E-state index in [1.807, 2.05) is 72.1 Å². The van der Waals surface area contributed by atoms with Crippen LogP contribution in [0.2, 0.25) is 0 Å². The molecular weight excluding hydrogens is 1040 g/mol. The molecule has 64 heavy (non-hydrogen) atoms. The van der Waals surface area contributed by atoms with Crippen molar-refractivity contribution >= 4 is 111 Å². The summed E-state index contributed by atoms with van der Waals surface area (Å²) < 4.78 is 39.7. The normalized spacial score (nSPS) is 11.2. The summed E-state index contributed by atoms with van der Waals surface area (Å²) in [6.45, 7) is 11.4. The number of aromatic nitrogens is 6. The second kappa shape index (κ2) is 18.8. The van der Waals surface area contributed by atoms with Gasteiger partial charge in [0.15, 0.2) is 0 Å². The molecule has 0 atom stereocenters. The molecule has 13 heteroatoms. The van der Waals surface area contributed by atoms with Crippen molar-refractivity contribution in [2.75, 3.05) is 0 Å². The van der Waals surface area contributed by atoms with Crippen LogP contribution in [0.5, 0.6) is 0 Å². The molecule has 0 aliphatic heterocycles. The van der Waals surface area contributed by atoms with Crippen molar-refractivity contribution in [2.24, 2.45) is 0 Å². The fourth-order valence-electron chi connectivity index (χ4n) is 7.36. The van der Waals surface area contributed by atoms with E-state index in [4.69, 9.17) is 13.2 Å². The van der Waals surface area contributed by atoms with Gasteiger partial charge >= 0.3 is 26.3 Å². The Morgan fingerprint density at radius 1 is 0.516 bits per heavy atom. The van der Waals surface area contributed by atoms with Crippen molar-refractivity contribution in [1.82, 2.24) is 30.6 Å². The Morgan fingerprint density at radius 2 is 0.953 bits per heavy atom. The molecule has 11 rings (SSSR count). The van der Waals surface area contributed by atoms with Crippen molar-refractivity contribution < 1.29 is 33.3 Å². The Bertz CT molecular complexity index is 3420. The molecule has 0 unspecified atom stereocenters. The predicted octanol–water partition coefficient (Wildman–Crippen LogP) is 14.0. The summed E-state index contributed by atoms with van der Waals surface area (Å²) in [5.74, 6) is 0. The van der Waals surface area contributed by atoms with Crippen LogP contribution in [0, 0.1) is 19.2 Å². The summed E-state index contributed by atoms with van der Waals surface area (Å²) in [5, 5.41) is 38.8. The van der Waals surface area contributed by atoms with Crippen LogP contribution in [0.1, 0.15) is 17.0 Å². The molecule has 11 aromatic rings. The van der Waals surface area contributed by atoms with Crippen LogP contribution in [0.25, 0.3) is 96.3 Å². The third-order valence-electron chi connectivity index (χ3n) is 10.3. The Kier molecular flexibility index (Phi) is 13.0. The molecule has 7 aromatic carbocycles. The predicted molar refractivity (Wildman–Crippen MR) is 257 cm³/mol. The van der Waals surface area contributed by atoms with Gasteiger partial charge in [-0.05, 0) is 90.2 Å². The van der Waals surface area contributed by atoms with Gasteiger partial charge in [0.05, 0.1) is 23.7 Å². The topological polar surface area (TPSA) is 77.3 Å². The zero-order valence-corrected chi connectivity index (χ0v) is 38.1. The van der Waals surface area contributed by atoms with Gasteiger partial charge in [-0.3, -0.25) is 13.2 Å². The summed E-state index contributed by atoms with van der Waals surface area (Å²) in [4.78, 5) is 1.62. The maximum absolute atomic E-state index is 13.2. The van der Waals surface area contributed by atoms with E-state index in [1.165, 1.54) is 28.2 Å². The Hall–Kier alpha value is -6.34. The number of hydrogen-bond donors (Lipinski definition) is 2. The first-order valence-electron chi connectivity index (χ1n) is 19.3. The van der Waals surface area contributed by atoms with Crippen LogP contribution >= 0.6 is 36.6 Å². The second-order valence-electron chi connectivity index (χ2n) is 14.3. The Balaban J connectivity index is 0.000000138. The van der Waals surface area contributed by atoms with E-state index in [2.05, 4.69) is 110 Å². The summed E-state index contributed by atoms with van der Waals surface area (Å²) in [5.41, 5.74) is 2.05. The summed E-state index contributed by atoms with van der Waals surface area (Å²) >= 11 is 9.80. The molecule has 0 aliphatic rings. The van der Waals surface area contributed by atoms with Crippen molar-refractivity contribution in [1.29, 1.82) is 0 Å². The van der Waals surface area contributed by atoms with Crippen molar-refractivity contribution in [3.8, 4) is 21.8 Å². The van der Waals surface area contributed by atoms with E-state index in [9.17, 15) is 13.2 Å². The number of fused-ring (bicyclic) bond motifs is 6. The molecule has 0 bridgehead atoms. The van der Waals surface area contributed by atoms with Gasteiger partial charge in [0.2, 0.25) is 0 Å². The first-order valence-corrected chi connectivity index (χ1v) is 21.0. The van der Waals surface area contributed by atoms with Crippen LogP contribution in [-0.2, 0) is 26.3 Å². The van der Waals surface area contributed by atoms with E-state index in [1.54, 1.807) is 18.5 Å². The van der Waals surface area contributed by atoms with Crippen molar-refractivity contribution in [3.63, 3.8) is 0 Å². The molecule has 0 N–H and O–H groups in total. The average molecular weight is 1070 g/mol. The molecule has 0 aliphatic carbocycles. The molecule has 312 valence electrons. The molecule has 6 nitrogen and oxygen atoms in total. The van der Waals surface area contributed by atoms with Gasteiger partial charge in [0, 0.05) is 16.6 Å². The number of hydrogen-bond acceptors (Lipinski definition) is 9. The molecule has 0 amide bonds. The molecule has 0 spiro atoms. The number of halogens is 3. The van der Waals surface area contributed by atoms with E-state index >= 15 is 0 Å². The Morgan fingerprint density at radius 3 is 1.39 bits per heavy atom. The first kappa shape index (κ1) is 44.3. The zero-order valence-electron chi connectivity index (χ0n) is 33.1. The number of thiol groups is 2. The first-order chi connectivity index (χ1) is 30.5. The second-order valence-corrected chi connectivity index (χ2v) is 16.2. The van der Waals surface area contributed by atoms with E-state index < -0.39 is 11.7 Å². The third kappa shape index (κ3) is 9.17. The van der Waals surface area contributed by atoms with Gasteiger partial charge in [-0.1, -0.05) is 119 Å². The minimum Gasteiger partial charge on any atom is -0.277 e. The van der Waals surface area contributed by atoms with Gasteiger partial charge in [0.1, 0.15) is 0 Å². The third-order valence-corrected chi connectivity index (χ3v) is 11.6. The molecule has 4 heterocycles. The summed E-state index contributed by atoms with van der Waals surface area (Å²) in [7, 11) is 0. The van der Waals surface area contributed by atoms with Crippen LogP contribution < -0.4 is 0 Å². The van der Waals surface area contributed by atoms with Crippen molar-refractivity contribution in [3.05, 3.63) is 193 Å². The molecule has 4 aromatic heterocycles. The standard InChI is InChI=1S/C23H12F3N2S.2C14H9N2S.Ir/c24-23(25,26)17-8-3-7-16(11-17)21-18-12-14-5-1-2-6-15(14)13-19(18)22(28-27-21)20-9-4-10-29-20;2*1-9(17)14-13-7-11-5-3-2-4-10(11)6-12(13)8-15-16-14;/h1-8,10-13H;2*1-8,17H;/q3*-1;+3. The van der Waals surface area contributed by atoms with Gasteiger partial charge in [-0.15, -0.1) is 15.2 Å². The molecule has 0 fully saturated rings. The number of nitrogens with zero attached hydrogens (tertiary/aromatic N) is 6. The fourth-order valence-corrected chi connectivity index (χ4v) is 8.36. The molecular formula is C51H30F3IrN6S3. The van der Waals surface area contributed by atoms with Gasteiger partial charge in [0.25, 0.3) is 0 Å². The quantitative estimate of drug-likeness (QED) is 0.104. The molecule has 0 radical (unpaired) electrons. The average Bonchev–Trinajstić information content (AvgIpc) is 3.84. The summed E-state index contributed by atoms with van der Waals surface area (Å²) in [6, 6.07) is 46.6. The van der Waals surface area contributed by atoms with Gasteiger partial charge < -0.3 is 0 Å². The molecule has 0 saturated carbocycles. The number of benzene rings is 7. The SMILES string of the molecule is FC(F)(F)c1cccc(-c2nnc(-c3[c-]ccs3)c3cc4ccccc4cc23)c1.[CH-]=C(S)c1nncc2cc3ccccc3cc12.[CH-]=C(S)c1nncc2cc3ccccc3cc12.[Ir+3]. The van der Waals surface area contributed by atoms with Crippen LogP contribution in [-0.4, -0.2) is 30.6 Å². The van der Waals surface area contributed by atoms with E-state index in [0.717, 1.165) is 70.9 Å². The van der Waals surface area contributed by atoms with Crippen molar-refractivity contribution in [2.45, 2.75) is 6.18 Å². The minimum atomic E-state index is -4.42. The van der Waals surface area contributed by atoms with Gasteiger partial charge in [-0.2, -0.15) is 65.9 Å². The molecule has 0 saturated heterocycles. The van der Waals surface area contributed by atoms with E-state index in [-0.39, 0.29) is 20.1 Å². The Labute approximate surface area is 393 Å². The zero-order chi connectivity index (χ0) is 43.7. The smallest absolute Gasteiger partial charge is 0.277 e. The monoisotopic (exact) mass is 1070 g/mol. The number of rotatable bonds is 4. The fraction of sp³-hybridized carbons (Fsp3) is 0.0196. The number of thiophene rings is 1. The van der Waals surface area contributed by atoms with Crippen LogP contribution in [0.15, 0.2) is 157 Å². The minimum absolute atomic E-state index is 0. The summed E-state index contributed by atoms with van der Waals surface area (Å²) in [6.07, 6.45) is -0.943. The number of alkyl halides is 3. The van der Waals surface area contributed by atoms with Crippen LogP contribution in [0.3, 0.4) is 0 Å².